The average molecular weight is 567 g/mol. The third-order valence-electron chi connectivity index (χ3n) is 5.57. The number of carbonyl (C=O) groups is 2. The number of hydrogen-bond donors (Lipinski definition) is 0. The number of benzene rings is 1. The van der Waals surface area contributed by atoms with E-state index in [9.17, 15) is 14.4 Å². The van der Waals surface area contributed by atoms with E-state index in [4.69, 9.17) is 14.5 Å². The molecular formula is C27H27BrN4O5. The molecule has 3 aromatic heterocycles. The molecule has 0 unspecified atom stereocenters. The molecule has 3 heterocycles. The van der Waals surface area contributed by atoms with Crippen molar-refractivity contribution in [3.05, 3.63) is 86.2 Å². The van der Waals surface area contributed by atoms with Gasteiger partial charge in [0.15, 0.2) is 5.49 Å². The summed E-state index contributed by atoms with van der Waals surface area (Å²) in [6.45, 7) is 6.41. The van der Waals surface area contributed by atoms with Gasteiger partial charge in [-0.2, -0.15) is 4.99 Å². The monoisotopic (exact) mass is 566 g/mol. The lowest BCUT2D eigenvalue weighted by atomic mass is 10.2. The van der Waals surface area contributed by atoms with Crippen LogP contribution in [0.25, 0.3) is 16.7 Å². The Balaban J connectivity index is 2.04. The van der Waals surface area contributed by atoms with Crippen molar-refractivity contribution in [2.75, 3.05) is 13.2 Å². The zero-order valence-corrected chi connectivity index (χ0v) is 22.4. The maximum Gasteiger partial charge on any atom is 0.341 e. The zero-order valence-electron chi connectivity index (χ0n) is 20.8. The Bertz CT molecular complexity index is 1610. The fourth-order valence-corrected chi connectivity index (χ4v) is 4.36. The van der Waals surface area contributed by atoms with Crippen LogP contribution in [0.1, 0.15) is 47.9 Å². The van der Waals surface area contributed by atoms with Crippen LogP contribution in [0.5, 0.6) is 0 Å². The molecule has 0 saturated heterocycles. The van der Waals surface area contributed by atoms with Gasteiger partial charge < -0.3 is 14.0 Å². The minimum atomic E-state index is -0.687. The number of halogens is 1. The second kappa shape index (κ2) is 11.6. The smallest absolute Gasteiger partial charge is 0.341 e. The SMILES string of the molecule is CCOC(=O)c1cc2c(=O)n3ccccc3nc2n(CCCOC(C)C)c1=NC(=O)c1ccccc1Br. The summed E-state index contributed by atoms with van der Waals surface area (Å²) >= 11 is 3.39. The molecule has 4 rings (SSSR count). The van der Waals surface area contributed by atoms with Gasteiger partial charge in [0.2, 0.25) is 0 Å². The highest BCUT2D eigenvalue weighted by Crippen LogP contribution is 2.17. The second-order valence-corrected chi connectivity index (χ2v) is 9.36. The van der Waals surface area contributed by atoms with Crippen LogP contribution in [0, 0.1) is 0 Å². The average Bonchev–Trinajstić information content (AvgIpc) is 2.87. The van der Waals surface area contributed by atoms with Crippen LogP contribution in [0.3, 0.4) is 0 Å². The molecule has 0 spiro atoms. The lowest BCUT2D eigenvalue weighted by molar-refractivity contribution is 0.0523. The standard InChI is InChI=1S/C27H27BrN4O5/c1-4-36-27(35)20-16-19-23(29-22-12-7-8-13-31(22)26(19)34)32(14-9-15-37-17(2)3)24(20)30-25(33)18-10-5-6-11-21(18)28/h5-8,10-13,16-17H,4,9,14-15H2,1-3H3. The van der Waals surface area contributed by atoms with Gasteiger partial charge in [-0.05, 0) is 73.5 Å². The topological polar surface area (TPSA) is 104 Å². The number of hydrogen-bond acceptors (Lipinski definition) is 6. The number of pyridine rings is 2. The lowest BCUT2D eigenvalue weighted by Crippen LogP contribution is -2.33. The number of carbonyl (C=O) groups excluding carboxylic acids is 2. The molecule has 0 atom stereocenters. The highest BCUT2D eigenvalue weighted by molar-refractivity contribution is 9.10. The Kier molecular flexibility index (Phi) is 8.30. The van der Waals surface area contributed by atoms with Gasteiger partial charge in [0.1, 0.15) is 16.9 Å². The third kappa shape index (κ3) is 5.70. The molecule has 0 radical (unpaired) electrons. The molecule has 0 fully saturated rings. The summed E-state index contributed by atoms with van der Waals surface area (Å²) in [5.74, 6) is -1.24. The van der Waals surface area contributed by atoms with Crippen LogP contribution in [0.15, 0.2) is 69.0 Å². The molecule has 1 amide bonds. The van der Waals surface area contributed by atoms with Crippen molar-refractivity contribution in [1.82, 2.24) is 14.0 Å². The van der Waals surface area contributed by atoms with E-state index in [2.05, 4.69) is 20.9 Å². The molecule has 0 bridgehead atoms. The Hall–Kier alpha value is -3.63. The number of aromatic nitrogens is 3. The maximum atomic E-state index is 13.4. The molecule has 37 heavy (non-hydrogen) atoms. The van der Waals surface area contributed by atoms with Crippen LogP contribution in [0.2, 0.25) is 0 Å². The molecule has 0 saturated carbocycles. The first-order valence-electron chi connectivity index (χ1n) is 12.0. The van der Waals surface area contributed by atoms with E-state index in [0.29, 0.717) is 40.9 Å². The molecule has 0 aliphatic rings. The Morgan fingerprint density at radius 1 is 1.11 bits per heavy atom. The van der Waals surface area contributed by atoms with Gasteiger partial charge in [-0.15, -0.1) is 0 Å². The molecule has 192 valence electrons. The zero-order chi connectivity index (χ0) is 26.5. The highest BCUT2D eigenvalue weighted by atomic mass is 79.9. The Morgan fingerprint density at radius 2 is 1.86 bits per heavy atom. The predicted octanol–water partition coefficient (Wildman–Crippen LogP) is 4.14. The molecular weight excluding hydrogens is 540 g/mol. The van der Waals surface area contributed by atoms with Crippen molar-refractivity contribution >= 4 is 44.5 Å². The minimum Gasteiger partial charge on any atom is -0.462 e. The van der Waals surface area contributed by atoms with E-state index in [-0.39, 0.29) is 34.7 Å². The van der Waals surface area contributed by atoms with Crippen LogP contribution in [0.4, 0.5) is 0 Å². The van der Waals surface area contributed by atoms with Gasteiger partial charge in [-0.1, -0.05) is 18.2 Å². The molecule has 0 aliphatic carbocycles. The molecule has 1 aromatic carbocycles. The summed E-state index contributed by atoms with van der Waals surface area (Å²) in [6.07, 6.45) is 2.19. The summed E-state index contributed by atoms with van der Waals surface area (Å²) in [5, 5.41) is 0.212. The molecule has 4 aromatic rings. The summed E-state index contributed by atoms with van der Waals surface area (Å²) in [5.41, 5.74) is 0.810. The van der Waals surface area contributed by atoms with Crippen LogP contribution >= 0.6 is 15.9 Å². The maximum absolute atomic E-state index is 13.4. The first kappa shape index (κ1) is 26.4. The van der Waals surface area contributed by atoms with Crippen LogP contribution in [-0.4, -0.2) is 45.1 Å². The number of fused-ring (bicyclic) bond motifs is 2. The number of nitrogens with zero attached hydrogens (tertiary/aromatic N) is 4. The number of rotatable bonds is 8. The number of amides is 1. The molecule has 0 N–H and O–H groups in total. The van der Waals surface area contributed by atoms with Crippen molar-refractivity contribution < 1.29 is 19.1 Å². The van der Waals surface area contributed by atoms with Crippen molar-refractivity contribution in [2.45, 2.75) is 39.8 Å². The Labute approximate surface area is 221 Å². The van der Waals surface area contributed by atoms with Gasteiger partial charge >= 0.3 is 5.97 Å². The van der Waals surface area contributed by atoms with E-state index in [1.165, 1.54) is 10.5 Å². The van der Waals surface area contributed by atoms with Gasteiger partial charge in [0, 0.05) is 23.8 Å². The van der Waals surface area contributed by atoms with Gasteiger partial charge in [-0.25, -0.2) is 9.78 Å². The van der Waals surface area contributed by atoms with Gasteiger partial charge in [0.25, 0.3) is 11.5 Å². The van der Waals surface area contributed by atoms with Crippen molar-refractivity contribution in [1.29, 1.82) is 0 Å². The van der Waals surface area contributed by atoms with E-state index < -0.39 is 11.9 Å². The van der Waals surface area contributed by atoms with Crippen molar-refractivity contribution in [3.63, 3.8) is 0 Å². The van der Waals surface area contributed by atoms with Crippen LogP contribution < -0.4 is 11.0 Å². The van der Waals surface area contributed by atoms with E-state index in [0.717, 1.165) is 0 Å². The van der Waals surface area contributed by atoms with Gasteiger partial charge in [-0.3, -0.25) is 14.0 Å². The fraction of sp³-hybridized carbons (Fsp3) is 0.296. The summed E-state index contributed by atoms with van der Waals surface area (Å²) in [4.78, 5) is 48.9. The largest absolute Gasteiger partial charge is 0.462 e. The van der Waals surface area contributed by atoms with Crippen molar-refractivity contribution in [3.8, 4) is 0 Å². The quantitative estimate of drug-likeness (QED) is 0.180. The molecule has 9 nitrogen and oxygen atoms in total. The van der Waals surface area contributed by atoms with Crippen LogP contribution in [-0.2, 0) is 16.0 Å². The first-order chi connectivity index (χ1) is 17.8. The number of esters is 1. The Morgan fingerprint density at radius 3 is 2.59 bits per heavy atom. The summed E-state index contributed by atoms with van der Waals surface area (Å²) < 4.78 is 14.6. The van der Waals surface area contributed by atoms with Gasteiger partial charge in [0.05, 0.1) is 23.7 Å². The predicted molar refractivity (Wildman–Crippen MR) is 143 cm³/mol. The van der Waals surface area contributed by atoms with E-state index in [1.807, 2.05) is 13.8 Å². The second-order valence-electron chi connectivity index (χ2n) is 8.51. The number of ether oxygens (including phenoxy) is 2. The number of aryl methyl sites for hydroxylation is 1. The lowest BCUT2D eigenvalue weighted by Gasteiger charge is -2.15. The minimum absolute atomic E-state index is 0.00862. The van der Waals surface area contributed by atoms with Crippen molar-refractivity contribution in [2.24, 2.45) is 4.99 Å². The van der Waals surface area contributed by atoms with E-state index in [1.54, 1.807) is 60.2 Å². The molecule has 10 heteroatoms. The highest BCUT2D eigenvalue weighted by Gasteiger charge is 2.20. The third-order valence-corrected chi connectivity index (χ3v) is 6.27. The van der Waals surface area contributed by atoms with E-state index >= 15 is 0 Å². The fourth-order valence-electron chi connectivity index (χ4n) is 3.90. The summed E-state index contributed by atoms with van der Waals surface area (Å²) in [6, 6.07) is 13.5. The summed E-state index contributed by atoms with van der Waals surface area (Å²) in [7, 11) is 0. The molecule has 0 aliphatic heterocycles. The normalized spacial score (nSPS) is 12.0. The first-order valence-corrected chi connectivity index (χ1v) is 12.8.